The molecule has 1 N–H and O–H groups in total. The van der Waals surface area contributed by atoms with E-state index in [1.165, 1.54) is 31.2 Å². The molecule has 5 nitrogen and oxygen atoms in total. The summed E-state index contributed by atoms with van der Waals surface area (Å²) in [5, 5.41) is 4.53. The minimum absolute atomic E-state index is 0.471. The number of rotatable bonds is 12. The van der Waals surface area contributed by atoms with Crippen molar-refractivity contribution in [2.45, 2.75) is 65.0 Å². The second-order valence-corrected chi connectivity index (χ2v) is 8.02. The Morgan fingerprint density at radius 1 is 1.21 bits per heavy atom. The molecule has 0 radical (unpaired) electrons. The lowest BCUT2D eigenvalue weighted by Gasteiger charge is -2.31. The van der Waals surface area contributed by atoms with Crippen molar-refractivity contribution in [3.8, 4) is 0 Å². The van der Waals surface area contributed by atoms with Crippen molar-refractivity contribution in [3.05, 3.63) is 30.1 Å². The highest BCUT2D eigenvalue weighted by atomic mass is 32.1. The molecule has 2 heterocycles. The highest BCUT2D eigenvalue weighted by Crippen LogP contribution is 2.10. The monoisotopic (exact) mass is 406 g/mol. The Hall–Kier alpha value is -1.24. The Balaban J connectivity index is 1.88. The first-order valence-corrected chi connectivity index (χ1v) is 11.4. The maximum atomic E-state index is 5.83. The first-order valence-electron chi connectivity index (χ1n) is 11.0. The lowest BCUT2D eigenvalue weighted by Crippen LogP contribution is -2.45. The van der Waals surface area contributed by atoms with E-state index in [9.17, 15) is 0 Å². The SMILES string of the molecule is CCCCCC(CC)NC(=S)N(CCCN1CCOCC1)Cc1ccncc1. The number of morpholine rings is 1. The quantitative estimate of drug-likeness (QED) is 0.420. The molecule has 0 bridgehead atoms. The topological polar surface area (TPSA) is 40.6 Å². The Morgan fingerprint density at radius 3 is 2.64 bits per heavy atom. The van der Waals surface area contributed by atoms with E-state index >= 15 is 0 Å². The minimum atomic E-state index is 0.471. The predicted molar refractivity (Wildman–Crippen MR) is 120 cm³/mol. The Bertz CT molecular complexity index is 537. The van der Waals surface area contributed by atoms with Gasteiger partial charge in [0.05, 0.1) is 13.2 Å². The summed E-state index contributed by atoms with van der Waals surface area (Å²) < 4.78 is 5.45. The smallest absolute Gasteiger partial charge is 0.169 e. The fourth-order valence-electron chi connectivity index (χ4n) is 3.56. The van der Waals surface area contributed by atoms with Crippen molar-refractivity contribution in [2.75, 3.05) is 39.4 Å². The third kappa shape index (κ3) is 8.84. The van der Waals surface area contributed by atoms with Crippen LogP contribution >= 0.6 is 12.2 Å². The fraction of sp³-hybridized carbons (Fsp3) is 0.727. The maximum absolute atomic E-state index is 5.83. The Labute approximate surface area is 176 Å². The third-order valence-electron chi connectivity index (χ3n) is 5.39. The van der Waals surface area contributed by atoms with Crippen LogP contribution in [0.5, 0.6) is 0 Å². The number of pyridine rings is 1. The van der Waals surface area contributed by atoms with Gasteiger partial charge in [0.15, 0.2) is 5.11 Å². The molecule has 0 saturated carbocycles. The van der Waals surface area contributed by atoms with Gasteiger partial charge in [-0.15, -0.1) is 0 Å². The first kappa shape index (κ1) is 23.0. The Morgan fingerprint density at radius 2 is 1.96 bits per heavy atom. The average molecular weight is 407 g/mol. The Kier molecular flexibility index (Phi) is 11.4. The average Bonchev–Trinajstić information content (AvgIpc) is 2.74. The van der Waals surface area contributed by atoms with Crippen molar-refractivity contribution >= 4 is 17.3 Å². The van der Waals surface area contributed by atoms with Crippen LogP contribution in [0.3, 0.4) is 0 Å². The lowest BCUT2D eigenvalue weighted by atomic mass is 10.1. The number of nitrogens with one attached hydrogen (secondary N) is 1. The molecule has 28 heavy (non-hydrogen) atoms. The summed E-state index contributed by atoms with van der Waals surface area (Å²) in [7, 11) is 0. The van der Waals surface area contributed by atoms with Crippen LogP contribution in [0.2, 0.25) is 0 Å². The van der Waals surface area contributed by atoms with Crippen LogP contribution < -0.4 is 5.32 Å². The van der Waals surface area contributed by atoms with E-state index in [2.05, 4.69) is 46.1 Å². The molecule has 1 saturated heterocycles. The zero-order valence-corrected chi connectivity index (χ0v) is 18.6. The van der Waals surface area contributed by atoms with E-state index in [-0.39, 0.29) is 0 Å². The number of thiocarbonyl (C=S) groups is 1. The number of unbranched alkanes of at least 4 members (excludes halogenated alkanes) is 2. The zero-order chi connectivity index (χ0) is 20.0. The van der Waals surface area contributed by atoms with E-state index in [1.54, 1.807) is 0 Å². The van der Waals surface area contributed by atoms with Gasteiger partial charge in [-0.05, 0) is 49.2 Å². The molecule has 0 aromatic carbocycles. The maximum Gasteiger partial charge on any atom is 0.169 e. The first-order chi connectivity index (χ1) is 13.7. The molecule has 6 heteroatoms. The normalized spacial score (nSPS) is 15.9. The molecule has 1 aromatic rings. The fourth-order valence-corrected chi connectivity index (χ4v) is 3.88. The van der Waals surface area contributed by atoms with Crippen molar-refractivity contribution in [1.29, 1.82) is 0 Å². The molecule has 1 unspecified atom stereocenters. The molecular formula is C22H38N4OS. The predicted octanol–water partition coefficient (Wildman–Crippen LogP) is 3.84. The van der Waals surface area contributed by atoms with Crippen LogP contribution in [0.4, 0.5) is 0 Å². The molecule has 1 aliphatic rings. The van der Waals surface area contributed by atoms with Gasteiger partial charge < -0.3 is 15.0 Å². The number of ether oxygens (including phenoxy) is 1. The van der Waals surface area contributed by atoms with Crippen molar-refractivity contribution in [2.24, 2.45) is 0 Å². The standard InChI is InChI=1S/C22H38N4OS/c1-3-5-6-8-21(4-2)24-22(28)26(19-20-9-11-23-12-10-20)14-7-13-25-15-17-27-18-16-25/h9-12,21H,3-8,13-19H2,1-2H3,(H,24,28). The van der Waals surface area contributed by atoms with Crippen LogP contribution in [-0.2, 0) is 11.3 Å². The molecule has 0 aliphatic carbocycles. The molecule has 1 aromatic heterocycles. The van der Waals surface area contributed by atoms with Gasteiger partial charge in [-0.2, -0.15) is 0 Å². The number of hydrogen-bond donors (Lipinski definition) is 1. The summed E-state index contributed by atoms with van der Waals surface area (Å²) in [6, 6.07) is 4.63. The van der Waals surface area contributed by atoms with Gasteiger partial charge in [0, 0.05) is 51.2 Å². The molecule has 1 atom stereocenters. The van der Waals surface area contributed by atoms with E-state index in [1.807, 2.05) is 12.4 Å². The summed E-state index contributed by atoms with van der Waals surface area (Å²) in [6.45, 7) is 11.2. The molecule has 0 amide bonds. The summed E-state index contributed by atoms with van der Waals surface area (Å²) in [5.41, 5.74) is 1.25. The van der Waals surface area contributed by atoms with Crippen LogP contribution in [-0.4, -0.2) is 65.3 Å². The van der Waals surface area contributed by atoms with E-state index in [0.29, 0.717) is 6.04 Å². The molecule has 0 spiro atoms. The second-order valence-electron chi connectivity index (χ2n) is 7.64. The number of aromatic nitrogens is 1. The summed E-state index contributed by atoms with van der Waals surface area (Å²) in [5.74, 6) is 0. The van der Waals surface area contributed by atoms with Crippen molar-refractivity contribution in [3.63, 3.8) is 0 Å². The molecule has 1 fully saturated rings. The highest BCUT2D eigenvalue weighted by molar-refractivity contribution is 7.80. The van der Waals surface area contributed by atoms with Crippen molar-refractivity contribution in [1.82, 2.24) is 20.1 Å². The van der Waals surface area contributed by atoms with Crippen molar-refractivity contribution < 1.29 is 4.74 Å². The summed E-state index contributed by atoms with van der Waals surface area (Å²) >= 11 is 5.83. The largest absolute Gasteiger partial charge is 0.379 e. The molecule has 1 aliphatic heterocycles. The van der Waals surface area contributed by atoms with Crippen LogP contribution in [0.1, 0.15) is 57.9 Å². The van der Waals surface area contributed by atoms with E-state index in [4.69, 9.17) is 17.0 Å². The number of nitrogens with zero attached hydrogens (tertiary/aromatic N) is 3. The van der Waals surface area contributed by atoms with Gasteiger partial charge in [-0.3, -0.25) is 9.88 Å². The van der Waals surface area contributed by atoms with E-state index < -0.39 is 0 Å². The van der Waals surface area contributed by atoms with Gasteiger partial charge in [0.1, 0.15) is 0 Å². The van der Waals surface area contributed by atoms with Crippen LogP contribution in [0.25, 0.3) is 0 Å². The second kappa shape index (κ2) is 13.9. The third-order valence-corrected chi connectivity index (χ3v) is 5.77. The summed E-state index contributed by atoms with van der Waals surface area (Å²) in [6.07, 6.45) is 11.0. The molecule has 158 valence electrons. The molecular weight excluding hydrogens is 368 g/mol. The van der Waals surface area contributed by atoms with Gasteiger partial charge in [-0.25, -0.2) is 0 Å². The van der Waals surface area contributed by atoms with Gasteiger partial charge >= 0.3 is 0 Å². The summed E-state index contributed by atoms with van der Waals surface area (Å²) in [4.78, 5) is 8.96. The minimum Gasteiger partial charge on any atom is -0.379 e. The van der Waals surface area contributed by atoms with Crippen LogP contribution in [0, 0.1) is 0 Å². The van der Waals surface area contributed by atoms with Gasteiger partial charge in [0.25, 0.3) is 0 Å². The van der Waals surface area contributed by atoms with Gasteiger partial charge in [0.2, 0.25) is 0 Å². The number of hydrogen-bond acceptors (Lipinski definition) is 4. The lowest BCUT2D eigenvalue weighted by molar-refractivity contribution is 0.0367. The van der Waals surface area contributed by atoms with Crippen LogP contribution in [0.15, 0.2) is 24.5 Å². The highest BCUT2D eigenvalue weighted by Gasteiger charge is 2.16. The molecule has 2 rings (SSSR count). The zero-order valence-electron chi connectivity index (χ0n) is 17.7. The van der Waals surface area contributed by atoms with E-state index in [0.717, 1.165) is 63.9 Å². The van der Waals surface area contributed by atoms with Gasteiger partial charge in [-0.1, -0.05) is 33.1 Å².